The van der Waals surface area contributed by atoms with E-state index in [1.807, 2.05) is 90.1 Å². The van der Waals surface area contributed by atoms with E-state index < -0.39 is 16.1 Å². The van der Waals surface area contributed by atoms with Crippen molar-refractivity contribution >= 4 is 49.3 Å². The topological polar surface area (TPSA) is 136 Å². The highest BCUT2D eigenvalue weighted by atomic mass is 79.9. The molecule has 0 amide bonds. The molecular weight excluding hydrogens is 811 g/mol. The number of hydrogen-bond acceptors (Lipinski definition) is 11. The number of aromatic nitrogens is 6. The van der Waals surface area contributed by atoms with Crippen molar-refractivity contribution in [1.82, 2.24) is 30.0 Å². The Morgan fingerprint density at radius 2 is 1.12 bits per heavy atom. The maximum absolute atomic E-state index is 11.9. The van der Waals surface area contributed by atoms with Gasteiger partial charge >= 0.3 is 0 Å². The summed E-state index contributed by atoms with van der Waals surface area (Å²) >= 11 is 3.19. The van der Waals surface area contributed by atoms with E-state index in [4.69, 9.17) is 19.1 Å². The molecule has 1 saturated heterocycles. The molecule has 1 aliphatic rings. The summed E-state index contributed by atoms with van der Waals surface area (Å²) in [5, 5.41) is 18.4. The second kappa shape index (κ2) is 19.9. The summed E-state index contributed by atoms with van der Waals surface area (Å²) in [4.78, 5) is 37.6. The Labute approximate surface area is 343 Å². The van der Waals surface area contributed by atoms with E-state index in [1.165, 1.54) is 28.7 Å². The fraction of sp³-hybridized carbons (Fsp3) is 0.550. The van der Waals surface area contributed by atoms with Crippen LogP contribution >= 0.6 is 15.9 Å². The average Bonchev–Trinajstić information content (AvgIpc) is 3.74. The summed E-state index contributed by atoms with van der Waals surface area (Å²) in [5.74, 6) is -0.193. The van der Waals surface area contributed by atoms with Crippen molar-refractivity contribution in [2.45, 2.75) is 131 Å². The largest absolute Gasteiger partial charge is 0.358 e. The Kier molecular flexibility index (Phi) is 16.7. The number of halogens is 1. The predicted octanol–water partition coefficient (Wildman–Crippen LogP) is 9.56. The van der Waals surface area contributed by atoms with Crippen molar-refractivity contribution < 1.29 is 28.7 Å². The normalized spacial score (nSPS) is 14.8. The Bertz CT molecular complexity index is 1900. The van der Waals surface area contributed by atoms with Crippen LogP contribution in [0, 0.1) is 13.8 Å². The quantitative estimate of drug-likeness (QED) is 0.0681. The van der Waals surface area contributed by atoms with Crippen molar-refractivity contribution in [3.05, 3.63) is 75.6 Å². The molecule has 13 nitrogen and oxygen atoms in total. The fourth-order valence-electron chi connectivity index (χ4n) is 4.83. The first kappa shape index (κ1) is 47.0. The van der Waals surface area contributed by atoms with Gasteiger partial charge in [-0.15, -0.1) is 20.5 Å². The lowest BCUT2D eigenvalue weighted by Gasteiger charge is -2.26. The average molecular weight is 873 g/mol. The van der Waals surface area contributed by atoms with E-state index in [9.17, 15) is 9.59 Å². The maximum atomic E-state index is 11.9. The van der Waals surface area contributed by atoms with Crippen LogP contribution in [0.25, 0.3) is 11.3 Å². The third-order valence-corrected chi connectivity index (χ3v) is 13.1. The van der Waals surface area contributed by atoms with Crippen LogP contribution < -0.4 is 5.23 Å². The van der Waals surface area contributed by atoms with Crippen LogP contribution in [0.4, 0.5) is 5.69 Å². The SMILES string of the molecule is CC(=O)c1nn(COCC[Si](C)(C)C)nc1-c1ccccc1C.CC(=O)c1nn(COCC[Si](C)(C)C)nc1Br.Cc1ccccc1N1OC(C)(C)C(C)(C)O1. The molecule has 56 heavy (non-hydrogen) atoms. The van der Waals surface area contributed by atoms with E-state index in [1.54, 1.807) is 0 Å². The number of hydrogen-bond donors (Lipinski definition) is 0. The van der Waals surface area contributed by atoms with Crippen LogP contribution in [0.5, 0.6) is 0 Å². The van der Waals surface area contributed by atoms with Crippen LogP contribution in [0.15, 0.2) is 53.1 Å². The highest BCUT2D eigenvalue weighted by Crippen LogP contribution is 2.40. The van der Waals surface area contributed by atoms with Crippen molar-refractivity contribution in [3.63, 3.8) is 0 Å². The number of ether oxygens (including phenoxy) is 2. The van der Waals surface area contributed by atoms with Crippen molar-refractivity contribution in [2.24, 2.45) is 0 Å². The molecule has 2 aromatic heterocycles. The van der Waals surface area contributed by atoms with Gasteiger partial charge in [-0.3, -0.25) is 9.59 Å². The zero-order valence-electron chi connectivity index (χ0n) is 35.8. The lowest BCUT2D eigenvalue weighted by Crippen LogP contribution is -2.41. The number of carbonyl (C=O) groups is 2. The highest BCUT2D eigenvalue weighted by Gasteiger charge is 2.50. The van der Waals surface area contributed by atoms with Gasteiger partial charge in [-0.25, -0.2) is 9.68 Å². The molecule has 0 aliphatic carbocycles. The van der Waals surface area contributed by atoms with E-state index in [2.05, 4.69) is 75.6 Å². The Morgan fingerprint density at radius 3 is 1.57 bits per heavy atom. The molecule has 0 N–H and O–H groups in total. The van der Waals surface area contributed by atoms with Crippen molar-refractivity contribution in [2.75, 3.05) is 18.4 Å². The number of nitrogens with zero attached hydrogens (tertiary/aromatic N) is 7. The number of ketones is 2. The second-order valence-electron chi connectivity index (χ2n) is 17.4. The number of benzene rings is 2. The van der Waals surface area contributed by atoms with Gasteiger partial charge in [0.15, 0.2) is 41.0 Å². The third-order valence-electron chi connectivity index (χ3n) is 9.13. The summed E-state index contributed by atoms with van der Waals surface area (Å²) in [5.41, 5.74) is 4.80. The van der Waals surface area contributed by atoms with Gasteiger partial charge in [0.25, 0.3) is 0 Å². The number of rotatable bonds is 14. The zero-order chi connectivity index (χ0) is 42.1. The van der Waals surface area contributed by atoms with Crippen molar-refractivity contribution in [3.8, 4) is 11.3 Å². The number of carbonyl (C=O) groups excluding carboxylic acids is 2. The minimum atomic E-state index is -1.11. The molecule has 0 radical (unpaired) electrons. The Morgan fingerprint density at radius 1 is 0.679 bits per heavy atom. The summed E-state index contributed by atoms with van der Waals surface area (Å²) in [6.07, 6.45) is 0. The standard InChI is InChI=1S/C17H25N3O2Si.C13H19NO2.C10H18BrN3O2Si/c1-13-8-6-7-9-15(13)17-16(14(2)21)18-20(19-17)12-22-10-11-23(3,4)5;1-10-8-6-7-9-11(10)14-15-12(2,3)13(4,5)16-14;1-8(15)9-10(11)13-14(12-9)7-16-5-6-17(2,3)4/h6-9H,10-12H2,1-5H3;6-9H,1-5H3;5-7H2,1-4H3. The number of Topliss-reactive ketones (excluding diaryl/α,β-unsaturated/α-hetero) is 2. The molecule has 1 fully saturated rings. The second-order valence-corrected chi connectivity index (χ2v) is 29.3. The molecule has 0 saturated carbocycles. The number of anilines is 1. The third kappa shape index (κ3) is 14.2. The predicted molar refractivity (Wildman–Crippen MR) is 230 cm³/mol. The molecule has 0 unspecified atom stereocenters. The van der Waals surface area contributed by atoms with E-state index in [0.29, 0.717) is 34.9 Å². The van der Waals surface area contributed by atoms with Gasteiger partial charge in [0.1, 0.15) is 16.9 Å². The Hall–Kier alpha value is -3.39. The lowest BCUT2D eigenvalue weighted by molar-refractivity contribution is -0.0275. The smallest absolute Gasteiger partial charge is 0.182 e. The monoisotopic (exact) mass is 871 g/mol. The van der Waals surface area contributed by atoms with Crippen LogP contribution in [0.3, 0.4) is 0 Å². The molecule has 3 heterocycles. The lowest BCUT2D eigenvalue weighted by atomic mass is 9.90. The molecule has 16 heteroatoms. The Balaban J connectivity index is 0.000000230. The van der Waals surface area contributed by atoms with Crippen LogP contribution in [-0.2, 0) is 32.6 Å². The first-order valence-corrected chi connectivity index (χ1v) is 27.1. The summed E-state index contributed by atoms with van der Waals surface area (Å²) < 4.78 is 11.6. The van der Waals surface area contributed by atoms with Gasteiger partial charge < -0.3 is 9.47 Å². The molecule has 5 rings (SSSR count). The maximum Gasteiger partial charge on any atom is 0.182 e. The van der Waals surface area contributed by atoms with E-state index >= 15 is 0 Å². The van der Waals surface area contributed by atoms with Crippen LogP contribution in [0.1, 0.15) is 73.6 Å². The molecule has 0 bridgehead atoms. The molecule has 0 spiro atoms. The van der Waals surface area contributed by atoms with E-state index in [0.717, 1.165) is 34.5 Å². The highest BCUT2D eigenvalue weighted by molar-refractivity contribution is 9.10. The zero-order valence-corrected chi connectivity index (χ0v) is 39.4. The molecule has 0 atom stereocenters. The number of para-hydroxylation sites is 1. The number of aryl methyl sites for hydroxylation is 2. The molecule has 2 aromatic carbocycles. The van der Waals surface area contributed by atoms with Gasteiger partial charge in [0.05, 0.1) is 5.69 Å². The van der Waals surface area contributed by atoms with Crippen LogP contribution in [0.2, 0.25) is 51.4 Å². The van der Waals surface area contributed by atoms with Gasteiger partial charge in [-0.05, 0) is 86.8 Å². The molecular formula is C40H62BrN7O6Si2. The molecule has 1 aliphatic heterocycles. The summed E-state index contributed by atoms with van der Waals surface area (Å²) in [6, 6.07) is 18.1. The first-order valence-electron chi connectivity index (χ1n) is 18.9. The minimum absolute atomic E-state index is 0.0865. The van der Waals surface area contributed by atoms with Gasteiger partial charge in [-0.2, -0.15) is 14.7 Å². The first-order chi connectivity index (χ1) is 25.9. The summed E-state index contributed by atoms with van der Waals surface area (Å²) in [7, 11) is -2.17. The van der Waals surface area contributed by atoms with E-state index in [-0.39, 0.29) is 36.2 Å². The fourth-order valence-corrected chi connectivity index (χ4v) is 6.89. The van der Waals surface area contributed by atoms with Crippen molar-refractivity contribution in [1.29, 1.82) is 0 Å². The van der Waals surface area contributed by atoms with Gasteiger partial charge in [0.2, 0.25) is 0 Å². The van der Waals surface area contributed by atoms with Gasteiger partial charge in [-0.1, -0.05) is 81.7 Å². The minimum Gasteiger partial charge on any atom is -0.358 e. The molecule has 4 aromatic rings. The van der Waals surface area contributed by atoms with Crippen LogP contribution in [-0.4, -0.2) is 82.1 Å². The summed E-state index contributed by atoms with van der Waals surface area (Å²) in [6.45, 7) is 31.0. The van der Waals surface area contributed by atoms with Gasteiger partial charge in [0, 0.05) is 48.8 Å². The molecule has 308 valence electrons.